The van der Waals surface area contributed by atoms with Crippen molar-refractivity contribution in [3.63, 3.8) is 0 Å². The monoisotopic (exact) mass is 218 g/mol. The molecule has 1 N–H and O–H groups in total. The second-order valence-corrected chi connectivity index (χ2v) is 4.51. The Morgan fingerprint density at radius 2 is 1.88 bits per heavy atom. The molecule has 1 aliphatic heterocycles. The zero-order chi connectivity index (χ0) is 11.4. The van der Waals surface area contributed by atoms with Gasteiger partial charge in [0.1, 0.15) is 0 Å². The fraction of sp³-hybridized carbons (Fsp3) is 0.462. The van der Waals surface area contributed by atoms with E-state index in [1.165, 1.54) is 5.56 Å². The molecule has 1 saturated heterocycles. The number of carbonyl (C=O) groups excluding carboxylic acids is 1. The summed E-state index contributed by atoms with van der Waals surface area (Å²) in [6, 6.07) is 10.3. The molecule has 3 heteroatoms. The van der Waals surface area contributed by atoms with Gasteiger partial charge in [-0.2, -0.15) is 0 Å². The number of hydrogen-bond donors (Lipinski definition) is 1. The van der Waals surface area contributed by atoms with E-state index in [2.05, 4.69) is 29.4 Å². The van der Waals surface area contributed by atoms with Crippen LogP contribution in [0.1, 0.15) is 18.4 Å². The number of piperidine rings is 1. The minimum atomic E-state index is -0.157. The lowest BCUT2D eigenvalue weighted by Crippen LogP contribution is -2.49. The number of nitrogens with zero attached hydrogens (tertiary/aromatic N) is 1. The lowest BCUT2D eigenvalue weighted by atomic mass is 9.81. The van der Waals surface area contributed by atoms with Crippen LogP contribution in [0, 0.1) is 0 Å². The molecule has 3 nitrogen and oxygen atoms in total. The molecule has 0 radical (unpaired) electrons. The Morgan fingerprint density at radius 3 is 2.44 bits per heavy atom. The molecular weight excluding hydrogens is 200 g/mol. The Balaban J connectivity index is 2.25. The van der Waals surface area contributed by atoms with Gasteiger partial charge in [-0.3, -0.25) is 4.79 Å². The molecule has 16 heavy (non-hydrogen) atoms. The van der Waals surface area contributed by atoms with Crippen LogP contribution in [0.5, 0.6) is 0 Å². The van der Waals surface area contributed by atoms with E-state index in [4.69, 9.17) is 0 Å². The summed E-state index contributed by atoms with van der Waals surface area (Å²) in [5.41, 5.74) is 1.06. The van der Waals surface area contributed by atoms with Crippen LogP contribution in [0.25, 0.3) is 0 Å². The highest BCUT2D eigenvalue weighted by molar-refractivity contribution is 5.50. The van der Waals surface area contributed by atoms with Crippen LogP contribution >= 0.6 is 0 Å². The lowest BCUT2D eigenvalue weighted by molar-refractivity contribution is -0.112. The van der Waals surface area contributed by atoms with E-state index in [9.17, 15) is 4.79 Å². The highest BCUT2D eigenvalue weighted by Crippen LogP contribution is 2.31. The summed E-state index contributed by atoms with van der Waals surface area (Å²) in [5.74, 6) is 0. The van der Waals surface area contributed by atoms with Gasteiger partial charge < -0.3 is 10.2 Å². The van der Waals surface area contributed by atoms with Crippen molar-refractivity contribution >= 4 is 6.41 Å². The van der Waals surface area contributed by atoms with Crippen LogP contribution in [0.15, 0.2) is 30.3 Å². The van der Waals surface area contributed by atoms with Gasteiger partial charge in [0, 0.05) is 13.1 Å². The van der Waals surface area contributed by atoms with Gasteiger partial charge in [0.25, 0.3) is 0 Å². The SMILES string of the molecule is CN1CCC(NC=O)(c2ccccc2)CC1. The standard InChI is InChI=1S/C13H18N2O/c1-15-9-7-13(8-10-15,14-11-16)12-5-3-2-4-6-12/h2-6,11H,7-10H2,1H3,(H,14,16). The van der Waals surface area contributed by atoms with Crippen molar-refractivity contribution in [3.05, 3.63) is 35.9 Å². The van der Waals surface area contributed by atoms with Gasteiger partial charge in [-0.05, 0) is 25.5 Å². The lowest BCUT2D eigenvalue weighted by Gasteiger charge is -2.40. The Morgan fingerprint density at radius 1 is 1.25 bits per heavy atom. The predicted octanol–water partition coefficient (Wildman–Crippen LogP) is 1.35. The first-order valence-corrected chi connectivity index (χ1v) is 5.72. The number of likely N-dealkylation sites (tertiary alicyclic amines) is 1. The third-order valence-electron chi connectivity index (χ3n) is 3.50. The van der Waals surface area contributed by atoms with Crippen molar-refractivity contribution in [1.29, 1.82) is 0 Å². The largest absolute Gasteiger partial charge is 0.349 e. The Kier molecular flexibility index (Phi) is 3.25. The molecular formula is C13H18N2O. The highest BCUT2D eigenvalue weighted by atomic mass is 16.1. The van der Waals surface area contributed by atoms with Gasteiger partial charge in [0.15, 0.2) is 0 Å². The van der Waals surface area contributed by atoms with Crippen LogP contribution in [-0.4, -0.2) is 31.4 Å². The maximum absolute atomic E-state index is 10.8. The molecule has 0 bridgehead atoms. The van der Waals surface area contributed by atoms with Crippen molar-refractivity contribution < 1.29 is 4.79 Å². The fourth-order valence-electron chi connectivity index (χ4n) is 2.39. The number of amides is 1. The van der Waals surface area contributed by atoms with Crippen LogP contribution in [0.3, 0.4) is 0 Å². The van der Waals surface area contributed by atoms with Gasteiger partial charge in [-0.1, -0.05) is 30.3 Å². The van der Waals surface area contributed by atoms with E-state index in [0.29, 0.717) is 0 Å². The van der Waals surface area contributed by atoms with E-state index >= 15 is 0 Å². The summed E-state index contributed by atoms with van der Waals surface area (Å²) in [6.45, 7) is 2.05. The van der Waals surface area contributed by atoms with Crippen molar-refractivity contribution in [1.82, 2.24) is 10.2 Å². The van der Waals surface area contributed by atoms with Crippen LogP contribution in [0.2, 0.25) is 0 Å². The van der Waals surface area contributed by atoms with E-state index in [1.807, 2.05) is 18.2 Å². The van der Waals surface area contributed by atoms with Crippen LogP contribution in [-0.2, 0) is 10.3 Å². The third-order valence-corrected chi connectivity index (χ3v) is 3.50. The molecule has 1 amide bonds. The minimum Gasteiger partial charge on any atom is -0.349 e. The molecule has 1 aliphatic rings. The number of nitrogens with one attached hydrogen (secondary N) is 1. The average Bonchev–Trinajstić information content (AvgIpc) is 2.34. The first-order chi connectivity index (χ1) is 7.77. The maximum atomic E-state index is 10.8. The van der Waals surface area contributed by atoms with Crippen molar-refractivity contribution in [2.24, 2.45) is 0 Å². The summed E-state index contributed by atoms with van der Waals surface area (Å²) in [4.78, 5) is 13.1. The van der Waals surface area contributed by atoms with Crippen molar-refractivity contribution in [2.75, 3.05) is 20.1 Å². The van der Waals surface area contributed by atoms with E-state index in [1.54, 1.807) is 0 Å². The average molecular weight is 218 g/mol. The van der Waals surface area contributed by atoms with Gasteiger partial charge in [-0.15, -0.1) is 0 Å². The second-order valence-electron chi connectivity index (χ2n) is 4.51. The molecule has 1 aromatic carbocycles. The molecule has 0 aliphatic carbocycles. The number of hydrogen-bond acceptors (Lipinski definition) is 2. The van der Waals surface area contributed by atoms with Gasteiger partial charge in [0.05, 0.1) is 5.54 Å². The predicted molar refractivity (Wildman–Crippen MR) is 64.1 cm³/mol. The maximum Gasteiger partial charge on any atom is 0.207 e. The van der Waals surface area contributed by atoms with Crippen LogP contribution < -0.4 is 5.32 Å². The summed E-state index contributed by atoms with van der Waals surface area (Å²) in [6.07, 6.45) is 2.79. The van der Waals surface area contributed by atoms with Gasteiger partial charge in [-0.25, -0.2) is 0 Å². The van der Waals surface area contributed by atoms with E-state index < -0.39 is 0 Å². The molecule has 0 aromatic heterocycles. The first-order valence-electron chi connectivity index (χ1n) is 5.72. The zero-order valence-electron chi connectivity index (χ0n) is 9.65. The Hall–Kier alpha value is -1.35. The van der Waals surface area contributed by atoms with Crippen molar-refractivity contribution in [2.45, 2.75) is 18.4 Å². The Bertz CT molecular complexity index is 342. The third kappa shape index (κ3) is 2.09. The highest BCUT2D eigenvalue weighted by Gasteiger charge is 2.34. The molecule has 0 saturated carbocycles. The van der Waals surface area contributed by atoms with E-state index in [-0.39, 0.29) is 5.54 Å². The molecule has 1 aromatic rings. The molecule has 86 valence electrons. The fourth-order valence-corrected chi connectivity index (χ4v) is 2.39. The smallest absolute Gasteiger partial charge is 0.207 e. The van der Waals surface area contributed by atoms with Gasteiger partial charge in [0.2, 0.25) is 6.41 Å². The summed E-state index contributed by atoms with van der Waals surface area (Å²) < 4.78 is 0. The Labute approximate surface area is 96.5 Å². The summed E-state index contributed by atoms with van der Waals surface area (Å²) in [7, 11) is 2.12. The molecule has 0 unspecified atom stereocenters. The number of carbonyl (C=O) groups is 1. The number of rotatable bonds is 3. The molecule has 1 fully saturated rings. The first kappa shape index (κ1) is 11.1. The quantitative estimate of drug-likeness (QED) is 0.777. The number of benzene rings is 1. The normalized spacial score (nSPS) is 20.3. The molecule has 2 rings (SSSR count). The van der Waals surface area contributed by atoms with E-state index in [0.717, 1.165) is 32.3 Å². The topological polar surface area (TPSA) is 32.3 Å². The minimum absolute atomic E-state index is 0.157. The molecule has 1 heterocycles. The summed E-state index contributed by atoms with van der Waals surface area (Å²) >= 11 is 0. The zero-order valence-corrected chi connectivity index (χ0v) is 9.65. The second kappa shape index (κ2) is 4.66. The summed E-state index contributed by atoms with van der Waals surface area (Å²) in [5, 5.41) is 3.03. The van der Waals surface area contributed by atoms with Crippen molar-refractivity contribution in [3.8, 4) is 0 Å². The van der Waals surface area contributed by atoms with Crippen LogP contribution in [0.4, 0.5) is 0 Å². The molecule has 0 spiro atoms. The molecule has 0 atom stereocenters. The van der Waals surface area contributed by atoms with Gasteiger partial charge >= 0.3 is 0 Å².